The number of benzene rings is 1. The quantitative estimate of drug-likeness (QED) is 0.574. The first-order valence-electron chi connectivity index (χ1n) is 7.64. The van der Waals surface area contributed by atoms with Crippen LogP contribution in [0.5, 0.6) is 5.75 Å². The maximum Gasteiger partial charge on any atom is 0.407 e. The van der Waals surface area contributed by atoms with Crippen LogP contribution in [-0.2, 0) is 10.0 Å². The summed E-state index contributed by atoms with van der Waals surface area (Å²) >= 11 is 0. The molecule has 0 radical (unpaired) electrons. The molecule has 0 aliphatic heterocycles. The van der Waals surface area contributed by atoms with Gasteiger partial charge in [-0.05, 0) is 30.7 Å². The molecule has 0 atom stereocenters. The van der Waals surface area contributed by atoms with Gasteiger partial charge in [0, 0.05) is 5.41 Å². The molecule has 4 nitrogen and oxygen atoms in total. The fourth-order valence-electron chi connectivity index (χ4n) is 2.01. The van der Waals surface area contributed by atoms with Crippen molar-refractivity contribution in [2.45, 2.75) is 38.8 Å². The SMILES string of the molecule is C=CS(=O)(=O)N(CC(F)(F)F)c1ccc(OCCCCCC)cc1. The number of unbranched alkanes of at least 4 members (excludes halogenated alkanes) is 3. The Morgan fingerprint density at radius 2 is 1.79 bits per heavy atom. The zero-order valence-electron chi connectivity index (χ0n) is 13.6. The Hall–Kier alpha value is -1.70. The first kappa shape index (κ1) is 20.3. The van der Waals surface area contributed by atoms with Crippen LogP contribution in [-0.4, -0.2) is 27.7 Å². The zero-order chi connectivity index (χ0) is 18.2. The minimum atomic E-state index is -4.66. The number of halogens is 3. The zero-order valence-corrected chi connectivity index (χ0v) is 14.4. The molecule has 8 heteroatoms. The van der Waals surface area contributed by atoms with E-state index in [1.165, 1.54) is 24.3 Å². The molecular formula is C16H22F3NO3S. The van der Waals surface area contributed by atoms with Crippen molar-refractivity contribution >= 4 is 15.7 Å². The van der Waals surface area contributed by atoms with Crippen LogP contribution >= 0.6 is 0 Å². The fraction of sp³-hybridized carbons (Fsp3) is 0.500. The molecule has 24 heavy (non-hydrogen) atoms. The molecule has 0 heterocycles. The smallest absolute Gasteiger partial charge is 0.407 e. The van der Waals surface area contributed by atoms with Crippen LogP contribution in [0.2, 0.25) is 0 Å². The summed E-state index contributed by atoms with van der Waals surface area (Å²) in [7, 11) is -4.25. The third-order valence-electron chi connectivity index (χ3n) is 3.23. The fourth-order valence-corrected chi connectivity index (χ4v) is 2.93. The van der Waals surface area contributed by atoms with Gasteiger partial charge in [0.15, 0.2) is 0 Å². The van der Waals surface area contributed by atoms with E-state index in [4.69, 9.17) is 4.74 Å². The first-order chi connectivity index (χ1) is 11.2. The summed E-state index contributed by atoms with van der Waals surface area (Å²) in [6.07, 6.45) is -0.494. The Morgan fingerprint density at radius 1 is 1.17 bits per heavy atom. The van der Waals surface area contributed by atoms with Gasteiger partial charge in [0.1, 0.15) is 12.3 Å². The van der Waals surface area contributed by atoms with Crippen molar-refractivity contribution in [2.24, 2.45) is 0 Å². The lowest BCUT2D eigenvalue weighted by Crippen LogP contribution is -2.37. The standard InChI is InChI=1S/C16H22F3NO3S/c1-3-5-6-7-12-23-15-10-8-14(9-11-15)20(13-16(17,18)19)24(21,22)4-2/h4,8-11H,2-3,5-7,12-13H2,1H3. The van der Waals surface area contributed by atoms with Crippen LogP contribution in [0.4, 0.5) is 18.9 Å². The highest BCUT2D eigenvalue weighted by Gasteiger charge is 2.35. The van der Waals surface area contributed by atoms with Crippen molar-refractivity contribution in [2.75, 3.05) is 17.5 Å². The minimum absolute atomic E-state index is 0.0921. The number of anilines is 1. The van der Waals surface area contributed by atoms with Crippen molar-refractivity contribution in [1.29, 1.82) is 0 Å². The van der Waals surface area contributed by atoms with E-state index in [1.54, 1.807) is 0 Å². The van der Waals surface area contributed by atoms with Crippen molar-refractivity contribution in [3.63, 3.8) is 0 Å². The van der Waals surface area contributed by atoms with Crippen LogP contribution in [0.1, 0.15) is 32.6 Å². The molecule has 0 unspecified atom stereocenters. The molecule has 0 N–H and O–H groups in total. The number of nitrogens with zero attached hydrogens (tertiary/aromatic N) is 1. The Labute approximate surface area is 141 Å². The van der Waals surface area contributed by atoms with Crippen LogP contribution in [0, 0.1) is 0 Å². The molecule has 0 fully saturated rings. The Kier molecular flexibility index (Phi) is 7.59. The molecule has 0 saturated heterocycles. The highest BCUT2D eigenvalue weighted by molar-refractivity contribution is 7.95. The third kappa shape index (κ3) is 6.82. The molecule has 0 saturated carbocycles. The summed E-state index contributed by atoms with van der Waals surface area (Å²) in [5, 5.41) is 0.497. The van der Waals surface area contributed by atoms with Crippen molar-refractivity contribution in [3.05, 3.63) is 36.3 Å². The lowest BCUT2D eigenvalue weighted by atomic mass is 10.2. The van der Waals surface area contributed by atoms with E-state index in [0.717, 1.165) is 25.7 Å². The van der Waals surface area contributed by atoms with Crippen molar-refractivity contribution in [3.8, 4) is 5.75 Å². The summed E-state index contributed by atoms with van der Waals surface area (Å²) in [5.41, 5.74) is -0.0921. The van der Waals surface area contributed by atoms with Gasteiger partial charge in [-0.1, -0.05) is 32.8 Å². The summed E-state index contributed by atoms with van der Waals surface area (Å²) in [4.78, 5) is 0. The van der Waals surface area contributed by atoms with E-state index < -0.39 is 22.7 Å². The average molecular weight is 365 g/mol. The van der Waals surface area contributed by atoms with Crippen molar-refractivity contribution < 1.29 is 26.3 Å². The molecule has 0 bridgehead atoms. The van der Waals surface area contributed by atoms with Gasteiger partial charge in [-0.15, -0.1) is 0 Å². The second kappa shape index (κ2) is 8.96. The van der Waals surface area contributed by atoms with Crippen LogP contribution in [0.15, 0.2) is 36.3 Å². The van der Waals surface area contributed by atoms with Gasteiger partial charge in [0.2, 0.25) is 0 Å². The predicted octanol–water partition coefficient (Wildman–Crippen LogP) is 4.49. The van der Waals surface area contributed by atoms with Crippen molar-refractivity contribution in [1.82, 2.24) is 0 Å². The molecule has 136 valence electrons. The van der Waals surface area contributed by atoms with E-state index >= 15 is 0 Å². The number of rotatable bonds is 10. The molecule has 0 amide bonds. The topological polar surface area (TPSA) is 46.6 Å². The summed E-state index contributed by atoms with van der Waals surface area (Å²) in [6, 6.07) is 5.48. The molecular weight excluding hydrogens is 343 g/mol. The molecule has 1 aromatic carbocycles. The normalized spacial score (nSPS) is 12.0. The Morgan fingerprint density at radius 3 is 2.29 bits per heavy atom. The second-order valence-electron chi connectivity index (χ2n) is 5.24. The van der Waals surface area contributed by atoms with Gasteiger partial charge >= 0.3 is 6.18 Å². The van der Waals surface area contributed by atoms with E-state index in [-0.39, 0.29) is 9.99 Å². The number of hydrogen-bond acceptors (Lipinski definition) is 3. The lowest BCUT2D eigenvalue weighted by Gasteiger charge is -2.24. The van der Waals surface area contributed by atoms with Crippen LogP contribution in [0.25, 0.3) is 0 Å². The number of hydrogen-bond donors (Lipinski definition) is 0. The third-order valence-corrected chi connectivity index (χ3v) is 4.61. The van der Waals surface area contributed by atoms with Gasteiger partial charge in [0.05, 0.1) is 12.3 Å². The first-order valence-corrected chi connectivity index (χ1v) is 9.14. The Balaban J connectivity index is 2.80. The molecule has 0 aliphatic rings. The molecule has 1 rings (SSSR count). The number of ether oxygens (including phenoxy) is 1. The summed E-state index contributed by atoms with van der Waals surface area (Å²) < 4.78 is 67.3. The van der Waals surface area contributed by atoms with Gasteiger partial charge < -0.3 is 4.74 Å². The molecule has 0 aliphatic carbocycles. The minimum Gasteiger partial charge on any atom is -0.494 e. The van der Waals surface area contributed by atoms with Gasteiger partial charge in [-0.3, -0.25) is 4.31 Å². The second-order valence-corrected chi connectivity index (χ2v) is 7.04. The van der Waals surface area contributed by atoms with Gasteiger partial charge in [-0.25, -0.2) is 8.42 Å². The molecule has 0 aromatic heterocycles. The highest BCUT2D eigenvalue weighted by atomic mass is 32.2. The van der Waals surface area contributed by atoms with E-state index in [1.807, 2.05) is 0 Å². The average Bonchev–Trinajstić information content (AvgIpc) is 2.52. The molecule has 1 aromatic rings. The number of sulfonamides is 1. The summed E-state index contributed by atoms with van der Waals surface area (Å²) in [6.45, 7) is 4.07. The largest absolute Gasteiger partial charge is 0.494 e. The monoisotopic (exact) mass is 365 g/mol. The number of alkyl halides is 3. The maximum atomic E-state index is 12.6. The van der Waals surface area contributed by atoms with E-state index in [0.29, 0.717) is 17.8 Å². The lowest BCUT2D eigenvalue weighted by molar-refractivity contribution is -0.117. The predicted molar refractivity (Wildman–Crippen MR) is 88.6 cm³/mol. The van der Waals surface area contributed by atoms with Gasteiger partial charge in [-0.2, -0.15) is 13.2 Å². The molecule has 0 spiro atoms. The maximum absolute atomic E-state index is 12.6. The van der Waals surface area contributed by atoms with Gasteiger partial charge in [0.25, 0.3) is 10.0 Å². The van der Waals surface area contributed by atoms with Crippen LogP contribution < -0.4 is 9.04 Å². The highest BCUT2D eigenvalue weighted by Crippen LogP contribution is 2.27. The Bertz CT molecular complexity index is 612. The van der Waals surface area contributed by atoms with E-state index in [9.17, 15) is 21.6 Å². The van der Waals surface area contributed by atoms with E-state index in [2.05, 4.69) is 13.5 Å². The summed E-state index contributed by atoms with van der Waals surface area (Å²) in [5.74, 6) is 0.484. The van der Waals surface area contributed by atoms with Crippen LogP contribution in [0.3, 0.4) is 0 Å².